The molecule has 148 valence electrons. The van der Waals surface area contributed by atoms with Gasteiger partial charge in [0, 0.05) is 12.6 Å². The van der Waals surface area contributed by atoms with Crippen LogP contribution in [0.4, 0.5) is 4.79 Å². The van der Waals surface area contributed by atoms with E-state index < -0.39 is 24.5 Å². The number of rotatable bonds is 9. The second-order valence-corrected chi connectivity index (χ2v) is 5.94. The van der Waals surface area contributed by atoms with Gasteiger partial charge in [0.1, 0.15) is 0 Å². The lowest BCUT2D eigenvalue weighted by atomic mass is 10.2. The van der Waals surface area contributed by atoms with Crippen molar-refractivity contribution < 1.29 is 28.6 Å². The van der Waals surface area contributed by atoms with Gasteiger partial charge in [-0.2, -0.15) is 0 Å². The third-order valence-corrected chi connectivity index (χ3v) is 3.17. The Kier molecular flexibility index (Phi) is 9.42. The predicted octanol–water partition coefficient (Wildman–Crippen LogP) is 2.13. The molecule has 1 aromatic carbocycles. The highest BCUT2D eigenvalue weighted by molar-refractivity contribution is 5.96. The number of carbonyl (C=O) groups excluding carboxylic acids is 3. The molecule has 3 amide bonds. The number of imide groups is 1. The zero-order valence-corrected chi connectivity index (χ0v) is 16.0. The zero-order valence-electron chi connectivity index (χ0n) is 16.0. The molecule has 0 saturated carbocycles. The molecule has 0 unspecified atom stereocenters. The number of hydrogen-bond acceptors (Lipinski definition) is 6. The van der Waals surface area contributed by atoms with E-state index in [-0.39, 0.29) is 5.92 Å². The quantitative estimate of drug-likeness (QED) is 0.504. The Bertz CT molecular complexity index is 685. The molecule has 8 nitrogen and oxygen atoms in total. The smallest absolute Gasteiger partial charge is 0.331 e. The van der Waals surface area contributed by atoms with E-state index in [4.69, 9.17) is 14.2 Å². The van der Waals surface area contributed by atoms with E-state index in [0.29, 0.717) is 30.2 Å². The van der Waals surface area contributed by atoms with E-state index >= 15 is 0 Å². The highest BCUT2D eigenvalue weighted by Crippen LogP contribution is 2.28. The van der Waals surface area contributed by atoms with Crippen molar-refractivity contribution >= 4 is 24.0 Å². The maximum atomic E-state index is 11.7. The number of methoxy groups -OCH3 is 1. The Morgan fingerprint density at radius 2 is 1.93 bits per heavy atom. The summed E-state index contributed by atoms with van der Waals surface area (Å²) >= 11 is 0. The minimum absolute atomic E-state index is 0.259. The van der Waals surface area contributed by atoms with Crippen molar-refractivity contribution in [2.45, 2.75) is 20.8 Å². The molecule has 0 aliphatic heterocycles. The number of amides is 3. The molecule has 8 heteroatoms. The lowest BCUT2D eigenvalue weighted by molar-refractivity contribution is -0.143. The van der Waals surface area contributed by atoms with Crippen LogP contribution in [0, 0.1) is 5.92 Å². The van der Waals surface area contributed by atoms with E-state index in [9.17, 15) is 14.4 Å². The average Bonchev–Trinajstić information content (AvgIpc) is 2.64. The summed E-state index contributed by atoms with van der Waals surface area (Å²) in [5.74, 6) is -0.0114. The molecule has 0 radical (unpaired) electrons. The van der Waals surface area contributed by atoms with Crippen LogP contribution in [0.5, 0.6) is 11.5 Å². The van der Waals surface area contributed by atoms with Crippen molar-refractivity contribution in [3.05, 3.63) is 29.8 Å². The summed E-state index contributed by atoms with van der Waals surface area (Å²) in [6.07, 6.45) is 2.70. The van der Waals surface area contributed by atoms with E-state index in [2.05, 4.69) is 10.6 Å². The monoisotopic (exact) mass is 378 g/mol. The molecule has 0 aromatic heterocycles. The van der Waals surface area contributed by atoms with Crippen LogP contribution in [0.1, 0.15) is 26.3 Å². The van der Waals surface area contributed by atoms with Crippen LogP contribution in [-0.2, 0) is 14.3 Å². The largest absolute Gasteiger partial charge is 0.493 e. The summed E-state index contributed by atoms with van der Waals surface area (Å²) in [7, 11) is 1.52. The topological polar surface area (TPSA) is 103 Å². The number of benzene rings is 1. The normalized spacial score (nSPS) is 10.6. The van der Waals surface area contributed by atoms with Gasteiger partial charge < -0.3 is 19.5 Å². The van der Waals surface area contributed by atoms with Gasteiger partial charge in [0.15, 0.2) is 18.1 Å². The standard InChI is InChI=1S/C19H26N2O6/c1-5-26-15-8-6-14(10-16(15)25-4)7-9-18(23)27-12-17(22)21-19(24)20-11-13(2)3/h6-10,13H,5,11-12H2,1-4H3,(H2,20,21,22,24)/b9-7+. The van der Waals surface area contributed by atoms with Gasteiger partial charge in [-0.05, 0) is 36.6 Å². The fraction of sp³-hybridized carbons (Fsp3) is 0.421. The Morgan fingerprint density at radius 1 is 1.19 bits per heavy atom. The summed E-state index contributed by atoms with van der Waals surface area (Å²) in [6.45, 7) is 6.12. The van der Waals surface area contributed by atoms with Crippen LogP contribution >= 0.6 is 0 Å². The van der Waals surface area contributed by atoms with Gasteiger partial charge in [-0.3, -0.25) is 10.1 Å². The van der Waals surface area contributed by atoms with Gasteiger partial charge in [0.25, 0.3) is 5.91 Å². The van der Waals surface area contributed by atoms with Gasteiger partial charge in [0.2, 0.25) is 0 Å². The fourth-order valence-corrected chi connectivity index (χ4v) is 1.92. The van der Waals surface area contributed by atoms with Gasteiger partial charge in [-0.15, -0.1) is 0 Å². The molecule has 0 spiro atoms. The SMILES string of the molecule is CCOc1ccc(/C=C/C(=O)OCC(=O)NC(=O)NCC(C)C)cc1OC. The number of nitrogens with one attached hydrogen (secondary N) is 2. The van der Waals surface area contributed by atoms with E-state index in [1.54, 1.807) is 18.2 Å². The summed E-state index contributed by atoms with van der Waals surface area (Å²) in [6, 6.07) is 4.57. The van der Waals surface area contributed by atoms with Crippen molar-refractivity contribution in [2.75, 3.05) is 26.9 Å². The zero-order chi connectivity index (χ0) is 20.2. The molecule has 0 heterocycles. The van der Waals surface area contributed by atoms with Gasteiger partial charge in [-0.25, -0.2) is 9.59 Å². The van der Waals surface area contributed by atoms with E-state index in [0.717, 1.165) is 0 Å². The third kappa shape index (κ3) is 8.75. The van der Waals surface area contributed by atoms with Gasteiger partial charge >= 0.3 is 12.0 Å². The highest BCUT2D eigenvalue weighted by Gasteiger charge is 2.10. The first-order chi connectivity index (χ1) is 12.8. The van der Waals surface area contributed by atoms with Crippen molar-refractivity contribution in [3.63, 3.8) is 0 Å². The minimum Gasteiger partial charge on any atom is -0.493 e. The van der Waals surface area contributed by atoms with E-state index in [1.807, 2.05) is 20.8 Å². The molecular weight excluding hydrogens is 352 g/mol. The molecule has 0 bridgehead atoms. The first kappa shape index (κ1) is 22.0. The number of hydrogen-bond donors (Lipinski definition) is 2. The molecule has 0 fully saturated rings. The number of ether oxygens (including phenoxy) is 3. The Balaban J connectivity index is 2.47. The molecule has 2 N–H and O–H groups in total. The molecule has 27 heavy (non-hydrogen) atoms. The summed E-state index contributed by atoms with van der Waals surface area (Å²) in [5.41, 5.74) is 0.699. The highest BCUT2D eigenvalue weighted by atomic mass is 16.5. The first-order valence-corrected chi connectivity index (χ1v) is 8.59. The van der Waals surface area contributed by atoms with Crippen molar-refractivity contribution in [2.24, 2.45) is 5.92 Å². The molecule has 0 saturated heterocycles. The molecule has 0 aliphatic rings. The van der Waals surface area contributed by atoms with E-state index in [1.165, 1.54) is 19.3 Å². The van der Waals surface area contributed by atoms with Crippen LogP contribution in [-0.4, -0.2) is 44.8 Å². The van der Waals surface area contributed by atoms with Crippen LogP contribution in [0.25, 0.3) is 6.08 Å². The molecule has 0 atom stereocenters. The summed E-state index contributed by atoms with van der Waals surface area (Å²) in [5, 5.41) is 4.60. The predicted molar refractivity (Wildman–Crippen MR) is 101 cm³/mol. The molecule has 1 rings (SSSR count). The second-order valence-electron chi connectivity index (χ2n) is 5.94. The number of esters is 1. The lowest BCUT2D eigenvalue weighted by Gasteiger charge is -2.09. The fourth-order valence-electron chi connectivity index (χ4n) is 1.92. The number of carbonyl (C=O) groups is 3. The first-order valence-electron chi connectivity index (χ1n) is 8.59. The van der Waals surface area contributed by atoms with Crippen LogP contribution in [0.15, 0.2) is 24.3 Å². The van der Waals surface area contributed by atoms with Gasteiger partial charge in [-0.1, -0.05) is 19.9 Å². The van der Waals surface area contributed by atoms with Gasteiger partial charge in [0.05, 0.1) is 13.7 Å². The second kappa shape index (κ2) is 11.6. The average molecular weight is 378 g/mol. The Morgan fingerprint density at radius 3 is 2.56 bits per heavy atom. The maximum Gasteiger partial charge on any atom is 0.331 e. The van der Waals surface area contributed by atoms with Crippen molar-refractivity contribution in [1.82, 2.24) is 10.6 Å². The minimum atomic E-state index is -0.708. The van der Waals surface area contributed by atoms with Crippen LogP contribution < -0.4 is 20.1 Å². The van der Waals surface area contributed by atoms with Crippen molar-refractivity contribution in [3.8, 4) is 11.5 Å². The maximum absolute atomic E-state index is 11.7. The van der Waals surface area contributed by atoms with Crippen LogP contribution in [0.3, 0.4) is 0 Å². The third-order valence-electron chi connectivity index (χ3n) is 3.17. The lowest BCUT2D eigenvalue weighted by Crippen LogP contribution is -2.42. The summed E-state index contributed by atoms with van der Waals surface area (Å²) in [4.78, 5) is 34.7. The van der Waals surface area contributed by atoms with Crippen LogP contribution in [0.2, 0.25) is 0 Å². The Labute approximate surface area is 158 Å². The van der Waals surface area contributed by atoms with Crippen molar-refractivity contribution in [1.29, 1.82) is 0 Å². The molecule has 0 aliphatic carbocycles. The molecule has 1 aromatic rings. The Hall–Kier alpha value is -3.03. The summed E-state index contributed by atoms with van der Waals surface area (Å²) < 4.78 is 15.4. The molecular formula is C19H26N2O6. The number of urea groups is 1.